The standard InChI is InChI=1S/C12H21NO/c1-8-9(2)14-12(7-13-8)5-3-4-10-6-11(10)12/h8-11,13H,3-7H2,1-2H3. The first-order valence-corrected chi connectivity index (χ1v) is 6.12. The van der Waals surface area contributed by atoms with E-state index < -0.39 is 0 Å². The fourth-order valence-corrected chi connectivity index (χ4v) is 3.44. The highest BCUT2D eigenvalue weighted by atomic mass is 16.5. The Morgan fingerprint density at radius 3 is 3.00 bits per heavy atom. The Balaban J connectivity index is 1.76. The van der Waals surface area contributed by atoms with Crippen molar-refractivity contribution in [3.63, 3.8) is 0 Å². The predicted molar refractivity (Wildman–Crippen MR) is 56.2 cm³/mol. The molecule has 3 rings (SSSR count). The van der Waals surface area contributed by atoms with Crippen molar-refractivity contribution in [3.8, 4) is 0 Å². The minimum atomic E-state index is 0.231. The van der Waals surface area contributed by atoms with E-state index in [1.165, 1.54) is 25.7 Å². The maximum atomic E-state index is 6.32. The minimum absolute atomic E-state index is 0.231. The van der Waals surface area contributed by atoms with E-state index in [4.69, 9.17) is 4.74 Å². The molecule has 0 radical (unpaired) electrons. The second kappa shape index (κ2) is 2.96. The Bertz CT molecular complexity index is 242. The molecule has 2 heteroatoms. The highest BCUT2D eigenvalue weighted by Gasteiger charge is 2.57. The van der Waals surface area contributed by atoms with Crippen molar-refractivity contribution in [2.45, 2.75) is 57.3 Å². The van der Waals surface area contributed by atoms with Gasteiger partial charge in [0.1, 0.15) is 0 Å². The van der Waals surface area contributed by atoms with Crippen LogP contribution in [0, 0.1) is 11.8 Å². The van der Waals surface area contributed by atoms with Gasteiger partial charge in [-0.25, -0.2) is 0 Å². The predicted octanol–water partition coefficient (Wildman–Crippen LogP) is 1.94. The summed E-state index contributed by atoms with van der Waals surface area (Å²) in [5.74, 6) is 1.89. The molecule has 0 bridgehead atoms. The molecule has 1 saturated heterocycles. The largest absolute Gasteiger partial charge is 0.369 e. The molecule has 3 fully saturated rings. The molecule has 3 aliphatic rings. The quantitative estimate of drug-likeness (QED) is 0.638. The Kier molecular flexibility index (Phi) is 1.94. The van der Waals surface area contributed by atoms with Gasteiger partial charge in [0, 0.05) is 12.6 Å². The normalized spacial score (nSPS) is 57.0. The van der Waals surface area contributed by atoms with Crippen LogP contribution < -0.4 is 5.32 Å². The van der Waals surface area contributed by atoms with E-state index in [9.17, 15) is 0 Å². The van der Waals surface area contributed by atoms with Crippen molar-refractivity contribution < 1.29 is 4.74 Å². The number of fused-ring (bicyclic) bond motifs is 2. The highest BCUT2D eigenvalue weighted by molar-refractivity contribution is 5.08. The highest BCUT2D eigenvalue weighted by Crippen LogP contribution is 2.57. The zero-order valence-corrected chi connectivity index (χ0v) is 9.25. The van der Waals surface area contributed by atoms with Gasteiger partial charge in [-0.2, -0.15) is 0 Å². The van der Waals surface area contributed by atoms with E-state index in [0.29, 0.717) is 12.1 Å². The van der Waals surface area contributed by atoms with E-state index in [0.717, 1.165) is 18.4 Å². The molecular weight excluding hydrogens is 174 g/mol. The Morgan fingerprint density at radius 1 is 1.36 bits per heavy atom. The number of rotatable bonds is 0. The summed E-state index contributed by atoms with van der Waals surface area (Å²) in [5, 5.41) is 3.62. The van der Waals surface area contributed by atoms with Crippen molar-refractivity contribution in [1.82, 2.24) is 5.32 Å². The summed E-state index contributed by atoms with van der Waals surface area (Å²) in [7, 11) is 0. The monoisotopic (exact) mass is 195 g/mol. The molecule has 1 aliphatic heterocycles. The second-order valence-electron chi connectivity index (χ2n) is 5.55. The summed E-state index contributed by atoms with van der Waals surface area (Å²) >= 11 is 0. The van der Waals surface area contributed by atoms with Gasteiger partial charge in [-0.3, -0.25) is 0 Å². The van der Waals surface area contributed by atoms with Crippen LogP contribution in [-0.4, -0.2) is 24.3 Å². The Morgan fingerprint density at radius 2 is 2.21 bits per heavy atom. The third-order valence-corrected chi connectivity index (χ3v) is 4.62. The number of ether oxygens (including phenoxy) is 1. The number of hydrogen-bond donors (Lipinski definition) is 1. The first kappa shape index (κ1) is 9.17. The molecule has 1 heterocycles. The van der Waals surface area contributed by atoms with Crippen LogP contribution in [-0.2, 0) is 4.74 Å². The molecule has 0 amide bonds. The summed E-state index contributed by atoms with van der Waals surface area (Å²) in [5.41, 5.74) is 0.231. The van der Waals surface area contributed by atoms with Gasteiger partial charge in [0.25, 0.3) is 0 Å². The lowest BCUT2D eigenvalue weighted by Crippen LogP contribution is -2.59. The Hall–Kier alpha value is -0.0800. The summed E-state index contributed by atoms with van der Waals surface area (Å²) in [6, 6.07) is 0.528. The molecule has 1 N–H and O–H groups in total. The number of nitrogens with one attached hydrogen (secondary N) is 1. The zero-order chi connectivity index (χ0) is 9.76. The smallest absolute Gasteiger partial charge is 0.0841 e. The fraction of sp³-hybridized carbons (Fsp3) is 1.00. The van der Waals surface area contributed by atoms with Gasteiger partial charge in [0.2, 0.25) is 0 Å². The van der Waals surface area contributed by atoms with Crippen LogP contribution >= 0.6 is 0 Å². The van der Waals surface area contributed by atoms with Crippen molar-refractivity contribution >= 4 is 0 Å². The number of hydrogen-bond acceptors (Lipinski definition) is 2. The first-order valence-electron chi connectivity index (χ1n) is 6.12. The maximum Gasteiger partial charge on any atom is 0.0841 e. The van der Waals surface area contributed by atoms with E-state index in [1.54, 1.807) is 0 Å². The Labute approximate surface area is 86.4 Å². The van der Waals surface area contributed by atoms with Gasteiger partial charge in [-0.15, -0.1) is 0 Å². The van der Waals surface area contributed by atoms with Crippen LogP contribution in [0.5, 0.6) is 0 Å². The lowest BCUT2D eigenvalue weighted by atomic mass is 9.82. The van der Waals surface area contributed by atoms with Crippen molar-refractivity contribution in [3.05, 3.63) is 0 Å². The van der Waals surface area contributed by atoms with Gasteiger partial charge < -0.3 is 10.1 Å². The topological polar surface area (TPSA) is 21.3 Å². The van der Waals surface area contributed by atoms with E-state index in [2.05, 4.69) is 19.2 Å². The molecule has 14 heavy (non-hydrogen) atoms. The van der Waals surface area contributed by atoms with E-state index >= 15 is 0 Å². The summed E-state index contributed by atoms with van der Waals surface area (Å²) in [6.07, 6.45) is 5.95. The molecule has 1 spiro atoms. The van der Waals surface area contributed by atoms with Crippen LogP contribution in [0.3, 0.4) is 0 Å². The van der Waals surface area contributed by atoms with Crippen LogP contribution in [0.4, 0.5) is 0 Å². The van der Waals surface area contributed by atoms with E-state index in [-0.39, 0.29) is 5.60 Å². The van der Waals surface area contributed by atoms with Crippen LogP contribution in [0.25, 0.3) is 0 Å². The molecule has 2 aliphatic carbocycles. The molecular formula is C12H21NO. The average Bonchev–Trinajstić information content (AvgIpc) is 2.93. The SMILES string of the molecule is CC1NCC2(CCCC3CC32)OC1C. The minimum Gasteiger partial charge on any atom is -0.369 e. The van der Waals surface area contributed by atoms with Crippen molar-refractivity contribution in [2.75, 3.05) is 6.54 Å². The van der Waals surface area contributed by atoms with E-state index in [1.807, 2.05) is 0 Å². The fourth-order valence-electron chi connectivity index (χ4n) is 3.44. The molecule has 2 nitrogen and oxygen atoms in total. The molecule has 5 atom stereocenters. The van der Waals surface area contributed by atoms with Crippen molar-refractivity contribution in [2.24, 2.45) is 11.8 Å². The van der Waals surface area contributed by atoms with Crippen LogP contribution in [0.1, 0.15) is 39.5 Å². The number of morpholine rings is 1. The molecule has 0 aromatic rings. The molecule has 0 aromatic carbocycles. The van der Waals surface area contributed by atoms with Gasteiger partial charge in [0.05, 0.1) is 11.7 Å². The molecule has 2 saturated carbocycles. The summed E-state index contributed by atoms with van der Waals surface area (Å²) < 4.78 is 6.32. The van der Waals surface area contributed by atoms with Gasteiger partial charge in [-0.05, 0) is 44.9 Å². The third kappa shape index (κ3) is 1.24. The second-order valence-corrected chi connectivity index (χ2v) is 5.55. The average molecular weight is 195 g/mol. The first-order chi connectivity index (χ1) is 6.71. The van der Waals surface area contributed by atoms with Gasteiger partial charge in [-0.1, -0.05) is 6.42 Å². The molecule has 0 aromatic heterocycles. The van der Waals surface area contributed by atoms with Gasteiger partial charge in [0.15, 0.2) is 0 Å². The summed E-state index contributed by atoms with van der Waals surface area (Å²) in [4.78, 5) is 0. The zero-order valence-electron chi connectivity index (χ0n) is 9.25. The lowest BCUT2D eigenvalue weighted by Gasteiger charge is -2.46. The molecule has 5 unspecified atom stereocenters. The lowest BCUT2D eigenvalue weighted by molar-refractivity contribution is -0.150. The van der Waals surface area contributed by atoms with Crippen LogP contribution in [0.2, 0.25) is 0 Å². The summed E-state index contributed by atoms with van der Waals surface area (Å²) in [6.45, 7) is 5.54. The van der Waals surface area contributed by atoms with Gasteiger partial charge >= 0.3 is 0 Å². The molecule has 80 valence electrons. The third-order valence-electron chi connectivity index (χ3n) is 4.62. The maximum absolute atomic E-state index is 6.32. The van der Waals surface area contributed by atoms with Crippen LogP contribution in [0.15, 0.2) is 0 Å². The van der Waals surface area contributed by atoms with Crippen molar-refractivity contribution in [1.29, 1.82) is 0 Å².